The third kappa shape index (κ3) is 10.8. The van der Waals surface area contributed by atoms with Crippen LogP contribution in [0, 0.1) is 11.3 Å². The van der Waals surface area contributed by atoms with E-state index < -0.39 is 5.41 Å². The lowest BCUT2D eigenvalue weighted by Crippen LogP contribution is -2.31. The van der Waals surface area contributed by atoms with E-state index in [0.29, 0.717) is 5.56 Å². The molecule has 96 heavy (non-hydrogen) atoms. The molecule has 0 spiro atoms. The van der Waals surface area contributed by atoms with E-state index in [1.54, 1.807) is 0 Å². The Hall–Kier alpha value is -9.69. The molecular formula is C92H92N4. The van der Waals surface area contributed by atoms with Gasteiger partial charge < -0.3 is 13.7 Å². The third-order valence-corrected chi connectivity index (χ3v) is 20.8. The van der Waals surface area contributed by atoms with E-state index in [4.69, 9.17) is 0 Å². The van der Waals surface area contributed by atoms with Crippen LogP contribution in [0.5, 0.6) is 0 Å². The van der Waals surface area contributed by atoms with E-state index in [-0.39, 0.29) is 32.5 Å². The van der Waals surface area contributed by atoms with Crippen molar-refractivity contribution in [3.63, 3.8) is 0 Å². The maximum Gasteiger partial charge on any atom is 0.0991 e. The van der Waals surface area contributed by atoms with Gasteiger partial charge in [0, 0.05) is 49.4 Å². The van der Waals surface area contributed by atoms with Crippen LogP contribution >= 0.6 is 0 Å². The van der Waals surface area contributed by atoms with Gasteiger partial charge in [-0.1, -0.05) is 234 Å². The van der Waals surface area contributed by atoms with Crippen LogP contribution in [0.1, 0.15) is 186 Å². The molecule has 0 saturated heterocycles. The van der Waals surface area contributed by atoms with Gasteiger partial charge >= 0.3 is 0 Å². The Bertz CT molecular complexity index is 4720. The van der Waals surface area contributed by atoms with Gasteiger partial charge in [0.15, 0.2) is 0 Å². The molecule has 0 N–H and O–H groups in total. The van der Waals surface area contributed by atoms with E-state index in [2.05, 4.69) is 363 Å². The molecule has 0 fully saturated rings. The second-order valence-corrected chi connectivity index (χ2v) is 33.6. The highest BCUT2D eigenvalue weighted by Gasteiger charge is 2.39. The van der Waals surface area contributed by atoms with Crippen LogP contribution in [0.15, 0.2) is 231 Å². The summed E-state index contributed by atoms with van der Waals surface area (Å²) in [6, 6.07) is 90.7. The summed E-state index contributed by atoms with van der Waals surface area (Å²) in [7, 11) is 0. The predicted molar refractivity (Wildman–Crippen MR) is 410 cm³/mol. The van der Waals surface area contributed by atoms with Crippen molar-refractivity contribution in [2.45, 2.75) is 163 Å². The fraction of sp³-hybridized carbons (Fsp3) is 0.272. The van der Waals surface area contributed by atoms with Gasteiger partial charge in [-0.05, 0) is 221 Å². The first-order valence-electron chi connectivity index (χ1n) is 34.5. The molecule has 3 heterocycles. The largest absolute Gasteiger partial charge is 0.309 e. The summed E-state index contributed by atoms with van der Waals surface area (Å²) < 4.78 is 7.44. The van der Waals surface area contributed by atoms with Crippen LogP contribution in [0.2, 0.25) is 0 Å². The lowest BCUT2D eigenvalue weighted by Gasteiger charge is -2.37. The second kappa shape index (κ2) is 22.5. The zero-order valence-corrected chi connectivity index (χ0v) is 59.7. The van der Waals surface area contributed by atoms with Crippen molar-refractivity contribution < 1.29 is 0 Å². The molecule has 4 heteroatoms. The van der Waals surface area contributed by atoms with Crippen molar-refractivity contribution >= 4 is 65.4 Å². The molecular weight excluding hydrogens is 1160 g/mol. The molecule has 0 aliphatic heterocycles. The van der Waals surface area contributed by atoms with Crippen molar-refractivity contribution in [3.8, 4) is 34.3 Å². The van der Waals surface area contributed by atoms with Crippen molar-refractivity contribution in [2.24, 2.45) is 0 Å². The lowest BCUT2D eigenvalue weighted by molar-refractivity contribution is 0.590. The van der Waals surface area contributed by atoms with E-state index >= 15 is 0 Å². The molecule has 3 aromatic heterocycles. The number of nitrogens with zero attached hydrogens (tertiary/aromatic N) is 4. The number of hydrogen-bond donors (Lipinski definition) is 0. The summed E-state index contributed by atoms with van der Waals surface area (Å²) in [6.07, 6.45) is 0. The molecule has 14 aromatic rings. The average molecular weight is 1250 g/mol. The topological polar surface area (TPSA) is 38.6 Å². The first-order chi connectivity index (χ1) is 45.3. The summed E-state index contributed by atoms with van der Waals surface area (Å²) in [6.45, 7) is 41.6. The first kappa shape index (κ1) is 63.7. The quantitative estimate of drug-likeness (QED) is 0.140. The average Bonchev–Trinajstić information content (AvgIpc) is 1.76. The molecule has 0 bridgehead atoms. The van der Waals surface area contributed by atoms with Gasteiger partial charge in [-0.3, -0.25) is 0 Å². The van der Waals surface area contributed by atoms with Gasteiger partial charge in [0.2, 0.25) is 0 Å². The maximum atomic E-state index is 9.81. The number of aromatic nitrogens is 3. The van der Waals surface area contributed by atoms with Gasteiger partial charge in [-0.15, -0.1) is 0 Å². The van der Waals surface area contributed by atoms with Gasteiger partial charge in [0.25, 0.3) is 0 Å². The van der Waals surface area contributed by atoms with Crippen LogP contribution < -0.4 is 0 Å². The third-order valence-electron chi connectivity index (χ3n) is 20.8. The zero-order chi connectivity index (χ0) is 68.0. The Morgan fingerprint density at radius 3 is 0.583 bits per heavy atom. The van der Waals surface area contributed by atoms with Gasteiger partial charge in [0.05, 0.1) is 50.1 Å². The van der Waals surface area contributed by atoms with E-state index in [9.17, 15) is 5.26 Å². The molecule has 0 unspecified atom stereocenters. The molecule has 4 nitrogen and oxygen atoms in total. The Labute approximate surface area is 569 Å². The summed E-state index contributed by atoms with van der Waals surface area (Å²) >= 11 is 0. The Morgan fingerprint density at radius 1 is 0.219 bits per heavy atom. The predicted octanol–water partition coefficient (Wildman–Crippen LogP) is 24.7. The van der Waals surface area contributed by atoms with E-state index in [1.807, 2.05) is 12.1 Å². The van der Waals surface area contributed by atoms with E-state index in [0.717, 1.165) is 50.4 Å². The van der Waals surface area contributed by atoms with Crippen LogP contribution in [0.4, 0.5) is 0 Å². The minimum atomic E-state index is -0.850. The van der Waals surface area contributed by atoms with Crippen LogP contribution in [0.3, 0.4) is 0 Å². The Balaban J connectivity index is 1.02. The molecule has 14 rings (SSSR count). The summed E-state index contributed by atoms with van der Waals surface area (Å²) in [4.78, 5) is 0. The molecule has 0 aliphatic carbocycles. The number of nitriles is 1. The number of rotatable bonds is 8. The molecule has 0 amide bonds. The Kier molecular flexibility index (Phi) is 14.9. The fourth-order valence-electron chi connectivity index (χ4n) is 14.9. The van der Waals surface area contributed by atoms with Crippen molar-refractivity contribution in [2.75, 3.05) is 0 Å². The van der Waals surface area contributed by atoms with Crippen LogP contribution in [0.25, 0.3) is 93.6 Å². The first-order valence-corrected chi connectivity index (χ1v) is 34.5. The van der Waals surface area contributed by atoms with Crippen molar-refractivity contribution in [1.29, 1.82) is 5.26 Å². The fourth-order valence-corrected chi connectivity index (χ4v) is 14.9. The summed E-state index contributed by atoms with van der Waals surface area (Å²) in [5.74, 6) is 0. The lowest BCUT2D eigenvalue weighted by atomic mass is 9.65. The summed E-state index contributed by atoms with van der Waals surface area (Å²) in [5, 5.41) is 17.4. The van der Waals surface area contributed by atoms with Crippen molar-refractivity contribution in [1.82, 2.24) is 13.7 Å². The van der Waals surface area contributed by atoms with Crippen LogP contribution in [-0.4, -0.2) is 13.7 Å². The highest BCUT2D eigenvalue weighted by molar-refractivity contribution is 6.12. The molecule has 0 radical (unpaired) electrons. The highest BCUT2D eigenvalue weighted by Crippen LogP contribution is 2.49. The van der Waals surface area contributed by atoms with Crippen molar-refractivity contribution in [3.05, 3.63) is 292 Å². The second-order valence-electron chi connectivity index (χ2n) is 33.6. The van der Waals surface area contributed by atoms with E-state index in [1.165, 1.54) is 98.8 Å². The molecule has 11 aromatic carbocycles. The minimum absolute atomic E-state index is 0.0165. The van der Waals surface area contributed by atoms with Gasteiger partial charge in [-0.25, -0.2) is 0 Å². The van der Waals surface area contributed by atoms with Gasteiger partial charge in [-0.2, -0.15) is 5.26 Å². The molecule has 480 valence electrons. The molecule has 0 saturated carbocycles. The minimum Gasteiger partial charge on any atom is -0.309 e. The number of hydrogen-bond acceptors (Lipinski definition) is 1. The maximum absolute atomic E-state index is 9.81. The van der Waals surface area contributed by atoms with Gasteiger partial charge in [0.1, 0.15) is 0 Å². The highest BCUT2D eigenvalue weighted by atomic mass is 15.0. The number of benzene rings is 11. The monoisotopic (exact) mass is 1250 g/mol. The van der Waals surface area contributed by atoms with Crippen LogP contribution in [-0.2, 0) is 37.9 Å². The normalized spacial score (nSPS) is 13.1. The zero-order valence-electron chi connectivity index (χ0n) is 59.7. The standard InChI is InChI=1S/C92H92N4/c1-86(2,3)65-33-45-80-74(51-65)75-52-66(87(4,5)6)34-46-81(75)94(80)71-39-27-62(28-40-71)92(61-25-23-60(24-26-61)59-21-19-58(57-93)20-22-59,63-29-41-72(42-30-63)95-82-47-35-67(88(7,8)9)53-76(82)77-54-68(89(10,11)12)36-48-83(77)95)64-31-43-73(44-32-64)96-84-49-37-69(90(13,14)15)55-78(84)79-56-70(91(16,17)18)38-50-85(79)96/h19-56H,1-18H3. The Morgan fingerprint density at radius 2 is 0.396 bits per heavy atom. The number of fused-ring (bicyclic) bond motifs is 9. The smallest absolute Gasteiger partial charge is 0.0991 e. The summed E-state index contributed by atoms with van der Waals surface area (Å²) in [5.41, 5.74) is 24.8. The molecule has 0 aliphatic rings. The SMILES string of the molecule is CC(C)(C)c1ccc2c(c1)c1cc(C(C)(C)C)ccc1n2-c1ccc(C(c2ccc(-c3ccc(C#N)cc3)cc2)(c2ccc(-n3c4ccc(C(C)(C)C)cc4c4cc(C(C)(C)C)ccc43)cc2)c2ccc(-n3c4ccc(C(C)(C)C)cc4c4cc(C(C)(C)C)ccc43)cc2)cc1. The molecule has 0 atom stereocenters.